The van der Waals surface area contributed by atoms with E-state index < -0.39 is 17.5 Å². The highest BCUT2D eigenvalue weighted by atomic mass is 35.5. The van der Waals surface area contributed by atoms with E-state index in [2.05, 4.69) is 0 Å². The molecule has 0 saturated carbocycles. The number of nitrogens with zero attached hydrogens (tertiary/aromatic N) is 1. The molecule has 1 unspecified atom stereocenters. The van der Waals surface area contributed by atoms with Crippen molar-refractivity contribution < 1.29 is 13.9 Å². The van der Waals surface area contributed by atoms with Crippen LogP contribution in [0.25, 0.3) is 0 Å². The largest absolute Gasteiger partial charge is 0.496 e. The predicted molar refractivity (Wildman–Crippen MR) is 77.1 cm³/mol. The Kier molecular flexibility index (Phi) is 4.56. The topological polar surface area (TPSA) is 50.1 Å². The Bertz CT molecular complexity index is 724. The van der Waals surface area contributed by atoms with Gasteiger partial charge in [0.25, 0.3) is 0 Å². The van der Waals surface area contributed by atoms with Gasteiger partial charge in [0.15, 0.2) is 11.6 Å². The van der Waals surface area contributed by atoms with Gasteiger partial charge in [-0.25, -0.2) is 4.39 Å². The molecule has 0 spiro atoms. The number of hydrogen-bond donors (Lipinski definition) is 0. The maximum Gasteiger partial charge on any atom is 0.187 e. The highest BCUT2D eigenvalue weighted by Crippen LogP contribution is 2.30. The van der Waals surface area contributed by atoms with Crippen LogP contribution >= 0.6 is 11.6 Å². The van der Waals surface area contributed by atoms with Gasteiger partial charge >= 0.3 is 0 Å². The van der Waals surface area contributed by atoms with Crippen molar-refractivity contribution in [2.24, 2.45) is 0 Å². The lowest BCUT2D eigenvalue weighted by molar-refractivity contribution is 0.0974. The maximum absolute atomic E-state index is 14.0. The van der Waals surface area contributed by atoms with Crippen molar-refractivity contribution in [2.45, 2.75) is 5.92 Å². The molecule has 0 heterocycles. The fourth-order valence-electron chi connectivity index (χ4n) is 2.02. The average Bonchev–Trinajstić information content (AvgIpc) is 2.51. The second-order valence-electron chi connectivity index (χ2n) is 4.27. The Morgan fingerprint density at radius 1 is 1.29 bits per heavy atom. The van der Waals surface area contributed by atoms with Crippen LogP contribution < -0.4 is 4.74 Å². The summed E-state index contributed by atoms with van der Waals surface area (Å²) in [4.78, 5) is 12.4. The van der Waals surface area contributed by atoms with E-state index in [9.17, 15) is 14.4 Å². The molecule has 0 aliphatic heterocycles. The quantitative estimate of drug-likeness (QED) is 0.803. The number of para-hydroxylation sites is 1. The van der Waals surface area contributed by atoms with E-state index in [1.54, 1.807) is 24.3 Å². The van der Waals surface area contributed by atoms with Crippen molar-refractivity contribution in [3.63, 3.8) is 0 Å². The normalized spacial score (nSPS) is 11.5. The van der Waals surface area contributed by atoms with Crippen molar-refractivity contribution >= 4 is 17.4 Å². The standard InChI is InChI=1S/C16H11ClFNO2/c1-21-14-8-3-2-5-10(14)12(9-19)16(20)11-6-4-7-13(17)15(11)18/h2-8,12H,1H3. The Morgan fingerprint density at radius 2 is 2.00 bits per heavy atom. The minimum atomic E-state index is -1.16. The maximum atomic E-state index is 14.0. The van der Waals surface area contributed by atoms with Gasteiger partial charge in [-0.3, -0.25) is 4.79 Å². The molecule has 3 nitrogen and oxygen atoms in total. The molecule has 0 radical (unpaired) electrons. The first-order valence-corrected chi connectivity index (χ1v) is 6.48. The van der Waals surface area contributed by atoms with Crippen molar-refractivity contribution in [3.8, 4) is 11.8 Å². The smallest absolute Gasteiger partial charge is 0.187 e. The first kappa shape index (κ1) is 15.0. The molecule has 0 saturated heterocycles. The SMILES string of the molecule is COc1ccccc1C(C#N)C(=O)c1cccc(Cl)c1F. The van der Waals surface area contributed by atoms with Gasteiger partial charge in [-0.2, -0.15) is 5.26 Å². The first-order chi connectivity index (χ1) is 10.1. The molecule has 0 bridgehead atoms. The first-order valence-electron chi connectivity index (χ1n) is 6.11. The predicted octanol–water partition coefficient (Wildman–Crippen LogP) is 3.98. The fourth-order valence-corrected chi connectivity index (χ4v) is 2.20. The van der Waals surface area contributed by atoms with E-state index in [1.807, 2.05) is 6.07 Å². The van der Waals surface area contributed by atoms with Gasteiger partial charge in [0.2, 0.25) is 0 Å². The summed E-state index contributed by atoms with van der Waals surface area (Å²) in [5.41, 5.74) is 0.187. The summed E-state index contributed by atoms with van der Waals surface area (Å²) in [6.45, 7) is 0. The fraction of sp³-hybridized carbons (Fsp3) is 0.125. The molecule has 106 valence electrons. The van der Waals surface area contributed by atoms with Crippen LogP contribution in [0.15, 0.2) is 42.5 Å². The molecular weight excluding hydrogens is 293 g/mol. The molecule has 0 aliphatic rings. The summed E-state index contributed by atoms with van der Waals surface area (Å²) in [6.07, 6.45) is 0. The van der Waals surface area contributed by atoms with Crippen LogP contribution in [0.5, 0.6) is 5.75 Å². The summed E-state index contributed by atoms with van der Waals surface area (Å²) >= 11 is 5.68. The number of ketones is 1. The molecule has 0 fully saturated rings. The summed E-state index contributed by atoms with van der Waals surface area (Å²) in [5, 5.41) is 9.15. The van der Waals surface area contributed by atoms with Crippen LogP contribution in [0, 0.1) is 17.1 Å². The minimum Gasteiger partial charge on any atom is -0.496 e. The van der Waals surface area contributed by atoms with Crippen molar-refractivity contribution in [1.29, 1.82) is 5.26 Å². The summed E-state index contributed by atoms with van der Waals surface area (Å²) in [7, 11) is 1.44. The van der Waals surface area contributed by atoms with Crippen LogP contribution in [0.3, 0.4) is 0 Å². The van der Waals surface area contributed by atoms with Gasteiger partial charge in [-0.1, -0.05) is 35.9 Å². The van der Waals surface area contributed by atoms with Crippen LogP contribution in [-0.2, 0) is 0 Å². The number of hydrogen-bond acceptors (Lipinski definition) is 3. The molecule has 2 aromatic carbocycles. The number of carbonyl (C=O) groups excluding carboxylic acids is 1. The van der Waals surface area contributed by atoms with Gasteiger partial charge < -0.3 is 4.74 Å². The number of carbonyl (C=O) groups is 1. The highest BCUT2D eigenvalue weighted by molar-refractivity contribution is 6.31. The van der Waals surface area contributed by atoms with E-state index in [1.165, 1.54) is 25.3 Å². The molecule has 2 rings (SSSR count). The Morgan fingerprint density at radius 3 is 2.67 bits per heavy atom. The molecular formula is C16H11ClFNO2. The number of Topliss-reactive ketones (excluding diaryl/α,β-unsaturated/α-hetero) is 1. The lowest BCUT2D eigenvalue weighted by Crippen LogP contribution is -2.14. The zero-order valence-corrected chi connectivity index (χ0v) is 11.9. The third-order valence-electron chi connectivity index (χ3n) is 3.06. The lowest BCUT2D eigenvalue weighted by Gasteiger charge is -2.13. The van der Waals surface area contributed by atoms with E-state index >= 15 is 0 Å². The molecule has 5 heteroatoms. The Balaban J connectivity index is 2.49. The number of ether oxygens (including phenoxy) is 1. The van der Waals surface area contributed by atoms with Gasteiger partial charge in [-0.05, 0) is 18.2 Å². The Labute approximate surface area is 126 Å². The van der Waals surface area contributed by atoms with Crippen molar-refractivity contribution in [2.75, 3.05) is 7.11 Å². The third-order valence-corrected chi connectivity index (χ3v) is 3.35. The average molecular weight is 304 g/mol. The van der Waals surface area contributed by atoms with E-state index in [-0.39, 0.29) is 10.6 Å². The molecule has 0 aliphatic carbocycles. The van der Waals surface area contributed by atoms with Gasteiger partial charge in [0.05, 0.1) is 23.8 Å². The number of benzene rings is 2. The third kappa shape index (κ3) is 2.88. The molecule has 0 N–H and O–H groups in total. The second kappa shape index (κ2) is 6.38. The molecule has 1 atom stereocenters. The monoisotopic (exact) mass is 303 g/mol. The van der Waals surface area contributed by atoms with Crippen LogP contribution in [0.4, 0.5) is 4.39 Å². The van der Waals surface area contributed by atoms with Crippen LogP contribution in [0.2, 0.25) is 5.02 Å². The number of nitriles is 1. The van der Waals surface area contributed by atoms with Gasteiger partial charge in [0.1, 0.15) is 11.7 Å². The van der Waals surface area contributed by atoms with Crippen LogP contribution in [0.1, 0.15) is 21.8 Å². The van der Waals surface area contributed by atoms with Crippen LogP contribution in [-0.4, -0.2) is 12.9 Å². The van der Waals surface area contributed by atoms with Gasteiger partial charge in [-0.15, -0.1) is 0 Å². The number of halogens is 2. The number of methoxy groups -OCH3 is 1. The van der Waals surface area contributed by atoms with E-state index in [4.69, 9.17) is 16.3 Å². The second-order valence-corrected chi connectivity index (χ2v) is 4.68. The minimum absolute atomic E-state index is 0.155. The van der Waals surface area contributed by atoms with Gasteiger partial charge in [0, 0.05) is 5.56 Å². The summed E-state index contributed by atoms with van der Waals surface area (Å²) in [5.74, 6) is -2.23. The molecule has 2 aromatic rings. The Hall–Kier alpha value is -2.38. The van der Waals surface area contributed by atoms with E-state index in [0.717, 1.165) is 0 Å². The summed E-state index contributed by atoms with van der Waals surface area (Å²) in [6, 6.07) is 12.7. The molecule has 0 amide bonds. The lowest BCUT2D eigenvalue weighted by atomic mass is 9.91. The number of rotatable bonds is 4. The molecule has 21 heavy (non-hydrogen) atoms. The zero-order chi connectivity index (χ0) is 15.4. The summed E-state index contributed by atoms with van der Waals surface area (Å²) < 4.78 is 19.1. The van der Waals surface area contributed by atoms with Crippen molar-refractivity contribution in [1.82, 2.24) is 0 Å². The van der Waals surface area contributed by atoms with E-state index in [0.29, 0.717) is 11.3 Å². The van der Waals surface area contributed by atoms with Crippen molar-refractivity contribution in [3.05, 3.63) is 64.4 Å². The highest BCUT2D eigenvalue weighted by Gasteiger charge is 2.27. The zero-order valence-electron chi connectivity index (χ0n) is 11.1. The molecule has 0 aromatic heterocycles.